The van der Waals surface area contributed by atoms with Crippen molar-refractivity contribution in [1.29, 1.82) is 0 Å². The average molecular weight is 407 g/mol. The van der Waals surface area contributed by atoms with Crippen LogP contribution in [0.5, 0.6) is 0 Å². The topological polar surface area (TPSA) is 0 Å². The molecule has 0 nitrogen and oxygen atoms in total. The first-order chi connectivity index (χ1) is 14.7. The summed E-state index contributed by atoms with van der Waals surface area (Å²) in [5.41, 5.74) is 4.21. The van der Waals surface area contributed by atoms with E-state index < -0.39 is 0 Å². The highest BCUT2D eigenvalue weighted by Crippen LogP contribution is 2.45. The molecule has 5 rings (SSSR count). The third kappa shape index (κ3) is 3.18. The van der Waals surface area contributed by atoms with Crippen molar-refractivity contribution in [1.82, 2.24) is 0 Å². The number of rotatable bonds is 3. The van der Waals surface area contributed by atoms with Crippen LogP contribution in [0.3, 0.4) is 0 Å². The molecule has 0 aliphatic carbocycles. The fourth-order valence-corrected chi connectivity index (χ4v) is 5.76. The summed E-state index contributed by atoms with van der Waals surface area (Å²) in [5, 5.41) is 8.28. The summed E-state index contributed by atoms with van der Waals surface area (Å²) in [5.74, 6) is 0. The minimum atomic E-state index is 0.962. The zero-order chi connectivity index (χ0) is 20.7. The lowest BCUT2D eigenvalue weighted by atomic mass is 9.89. The Morgan fingerprint density at radius 1 is 0.867 bits per heavy atom. The van der Waals surface area contributed by atoms with Crippen molar-refractivity contribution in [3.05, 3.63) is 105 Å². The molecular formula is C29H26S. The van der Waals surface area contributed by atoms with Crippen molar-refractivity contribution in [3.63, 3.8) is 0 Å². The van der Waals surface area contributed by atoms with E-state index in [1.165, 1.54) is 58.8 Å². The summed E-state index contributed by atoms with van der Waals surface area (Å²) in [7, 11) is 0. The Balaban J connectivity index is 1.60. The molecule has 0 spiro atoms. The van der Waals surface area contributed by atoms with E-state index in [9.17, 15) is 0 Å². The summed E-state index contributed by atoms with van der Waals surface area (Å²) < 4.78 is 0. The van der Waals surface area contributed by atoms with Crippen molar-refractivity contribution in [3.8, 4) is 0 Å². The molecular weight excluding hydrogens is 380 g/mol. The molecule has 4 aromatic carbocycles. The fraction of sp³-hybridized carbons (Fsp3) is 0.172. The van der Waals surface area contributed by atoms with Crippen LogP contribution in [-0.2, 0) is 6.42 Å². The maximum atomic E-state index is 2.42. The molecule has 0 aromatic heterocycles. The largest absolute Gasteiger partial charge is 0.0942 e. The minimum Gasteiger partial charge on any atom is -0.0942 e. The maximum absolute atomic E-state index is 2.42. The first-order valence-corrected chi connectivity index (χ1v) is 11.5. The third-order valence-corrected chi connectivity index (χ3v) is 7.42. The van der Waals surface area contributed by atoms with Gasteiger partial charge in [-0.2, -0.15) is 0 Å². The zero-order valence-corrected chi connectivity index (χ0v) is 18.6. The molecule has 1 aliphatic heterocycles. The van der Waals surface area contributed by atoms with Gasteiger partial charge in [0.1, 0.15) is 0 Å². The molecule has 1 saturated heterocycles. The third-order valence-electron chi connectivity index (χ3n) is 6.23. The molecule has 1 fully saturated rings. The quantitative estimate of drug-likeness (QED) is 0.306. The molecule has 4 aromatic rings. The van der Waals surface area contributed by atoms with Crippen molar-refractivity contribution < 1.29 is 0 Å². The van der Waals surface area contributed by atoms with E-state index in [1.807, 2.05) is 11.8 Å². The van der Waals surface area contributed by atoms with Crippen LogP contribution in [0.15, 0.2) is 94.3 Å². The second kappa shape index (κ2) is 7.81. The van der Waals surface area contributed by atoms with Gasteiger partial charge in [0.2, 0.25) is 0 Å². The van der Waals surface area contributed by atoms with Crippen molar-refractivity contribution in [2.45, 2.75) is 33.6 Å². The van der Waals surface area contributed by atoms with Crippen molar-refractivity contribution in [2.75, 3.05) is 0 Å². The van der Waals surface area contributed by atoms with Crippen LogP contribution in [0.25, 0.3) is 32.3 Å². The number of hydrogen-bond acceptors (Lipinski definition) is 1. The molecule has 0 radical (unpaired) electrons. The van der Waals surface area contributed by atoms with E-state index in [4.69, 9.17) is 0 Å². The van der Waals surface area contributed by atoms with E-state index in [0.717, 1.165) is 12.8 Å². The van der Waals surface area contributed by atoms with Crippen molar-refractivity contribution in [2.24, 2.45) is 0 Å². The number of hydrogen-bond donors (Lipinski definition) is 0. The Morgan fingerprint density at radius 2 is 1.57 bits per heavy atom. The Bertz CT molecular complexity index is 1380. The van der Waals surface area contributed by atoms with E-state index in [0.29, 0.717) is 0 Å². The summed E-state index contributed by atoms with van der Waals surface area (Å²) >= 11 is 1.92. The van der Waals surface area contributed by atoms with Gasteiger partial charge in [0, 0.05) is 11.3 Å². The summed E-state index contributed by atoms with van der Waals surface area (Å²) in [6.07, 6.45) is 13.2. The predicted octanol–water partition coefficient (Wildman–Crippen LogP) is 8.86. The lowest BCUT2D eigenvalue weighted by molar-refractivity contribution is 1.24. The first-order valence-electron chi connectivity index (χ1n) is 10.7. The van der Waals surface area contributed by atoms with Gasteiger partial charge in [-0.3, -0.25) is 0 Å². The molecule has 148 valence electrons. The second-order valence-corrected chi connectivity index (χ2v) is 9.22. The Labute approximate surface area is 183 Å². The molecule has 0 amide bonds. The molecule has 0 bridgehead atoms. The minimum absolute atomic E-state index is 0.962. The molecule has 1 aliphatic rings. The standard InChI is InChI=1S/C29H26S/c1-4-6-7-24-18-20(5-2)27(30-24)17-14-21-10-11-23-12-15-25-19(3)8-9-22-13-16-26(21)29(23)28(22)25/h4-13,15-17H,14,18H2,1-3H3/b6-4-,20-5-,24-7+,27-17+. The molecule has 30 heavy (non-hydrogen) atoms. The fourth-order valence-electron chi connectivity index (χ4n) is 4.62. The van der Waals surface area contributed by atoms with Crippen LogP contribution >= 0.6 is 11.8 Å². The molecule has 0 unspecified atom stereocenters. The number of benzene rings is 4. The van der Waals surface area contributed by atoms with E-state index in [1.54, 1.807) is 0 Å². The molecule has 0 N–H and O–H groups in total. The highest BCUT2D eigenvalue weighted by Gasteiger charge is 2.18. The lowest BCUT2D eigenvalue weighted by Crippen LogP contribution is -1.91. The number of thioether (sulfide) groups is 1. The summed E-state index contributed by atoms with van der Waals surface area (Å²) in [4.78, 5) is 2.84. The molecule has 0 saturated carbocycles. The maximum Gasteiger partial charge on any atom is 0.0114 e. The molecule has 0 atom stereocenters. The van der Waals surface area contributed by atoms with Gasteiger partial charge in [-0.25, -0.2) is 0 Å². The molecule has 1 heteroatoms. The van der Waals surface area contributed by atoms with Gasteiger partial charge in [-0.15, -0.1) is 0 Å². The van der Waals surface area contributed by atoms with Gasteiger partial charge in [0.05, 0.1) is 0 Å². The lowest BCUT2D eigenvalue weighted by Gasteiger charge is -2.14. The monoisotopic (exact) mass is 406 g/mol. The van der Waals surface area contributed by atoms with Crippen LogP contribution in [0.1, 0.15) is 31.4 Å². The number of aryl methyl sites for hydroxylation is 1. The highest BCUT2D eigenvalue weighted by molar-refractivity contribution is 8.07. The van der Waals surface area contributed by atoms with Crippen LogP contribution in [0.2, 0.25) is 0 Å². The smallest absolute Gasteiger partial charge is 0.0114 e. The molecule has 1 heterocycles. The van der Waals surface area contributed by atoms with Crippen LogP contribution in [-0.4, -0.2) is 0 Å². The SMILES string of the molecule is C/C=C\C=C1/CC(=C/C)/C(=C\Cc2ccc3ccc4c(C)ccc5ccc2c3c54)S1. The van der Waals surface area contributed by atoms with Gasteiger partial charge in [-0.1, -0.05) is 90.7 Å². The zero-order valence-electron chi connectivity index (χ0n) is 17.8. The first kappa shape index (κ1) is 19.2. The Morgan fingerprint density at radius 3 is 2.33 bits per heavy atom. The summed E-state index contributed by atoms with van der Waals surface area (Å²) in [6, 6.07) is 18.3. The van der Waals surface area contributed by atoms with Gasteiger partial charge in [-0.05, 0) is 81.1 Å². The van der Waals surface area contributed by atoms with E-state index in [-0.39, 0.29) is 0 Å². The van der Waals surface area contributed by atoms with Gasteiger partial charge >= 0.3 is 0 Å². The average Bonchev–Trinajstić information content (AvgIpc) is 3.18. The van der Waals surface area contributed by atoms with Crippen LogP contribution in [0, 0.1) is 6.92 Å². The van der Waals surface area contributed by atoms with Gasteiger partial charge in [0.25, 0.3) is 0 Å². The van der Waals surface area contributed by atoms with Crippen LogP contribution in [0.4, 0.5) is 0 Å². The highest BCUT2D eigenvalue weighted by atomic mass is 32.2. The van der Waals surface area contributed by atoms with E-state index in [2.05, 4.69) is 99.7 Å². The van der Waals surface area contributed by atoms with Gasteiger partial charge in [0.15, 0.2) is 0 Å². The summed E-state index contributed by atoms with van der Waals surface area (Å²) in [6.45, 7) is 6.44. The normalized spacial score (nSPS) is 19.1. The predicted molar refractivity (Wildman–Crippen MR) is 136 cm³/mol. The number of allylic oxidation sites excluding steroid dienone is 7. The van der Waals surface area contributed by atoms with E-state index >= 15 is 0 Å². The second-order valence-electron chi connectivity index (χ2n) is 8.05. The van der Waals surface area contributed by atoms with Crippen molar-refractivity contribution >= 4 is 44.1 Å². The van der Waals surface area contributed by atoms with Gasteiger partial charge < -0.3 is 0 Å². The Kier molecular flexibility index (Phi) is 5.00. The Hall–Kier alpha value is -2.77. The van der Waals surface area contributed by atoms with Crippen LogP contribution < -0.4 is 0 Å².